The molecule has 9 heteroatoms. The maximum Gasteiger partial charge on any atom is 0.244 e. The molecule has 0 spiro atoms. The molecule has 0 radical (unpaired) electrons. The van der Waals surface area contributed by atoms with Crippen LogP contribution in [0.1, 0.15) is 5.56 Å². The lowest BCUT2D eigenvalue weighted by molar-refractivity contribution is -0.134. The van der Waals surface area contributed by atoms with E-state index in [1.165, 1.54) is 4.90 Å². The number of aryl methyl sites for hydroxylation is 1. The number of amides is 3. The van der Waals surface area contributed by atoms with Gasteiger partial charge in [0.1, 0.15) is 0 Å². The fourth-order valence-electron chi connectivity index (χ4n) is 3.51. The largest absolute Gasteiger partial charge is 0.335 e. The van der Waals surface area contributed by atoms with Gasteiger partial charge in [-0.1, -0.05) is 41.4 Å². The molecule has 0 aliphatic carbocycles. The number of halogens is 1. The third-order valence-electron chi connectivity index (χ3n) is 5.48. The van der Waals surface area contributed by atoms with Gasteiger partial charge >= 0.3 is 0 Å². The summed E-state index contributed by atoms with van der Waals surface area (Å²) in [7, 11) is 1.61. The molecule has 8 nitrogen and oxygen atoms in total. The summed E-state index contributed by atoms with van der Waals surface area (Å²) in [5.74, 6) is -0.481. The first-order valence-corrected chi connectivity index (χ1v) is 11.3. The van der Waals surface area contributed by atoms with Crippen molar-refractivity contribution in [1.29, 1.82) is 0 Å². The minimum absolute atomic E-state index is 0.0485. The zero-order valence-electron chi connectivity index (χ0n) is 19.0. The van der Waals surface area contributed by atoms with Crippen LogP contribution in [0.25, 0.3) is 0 Å². The van der Waals surface area contributed by atoms with Crippen molar-refractivity contribution in [2.24, 2.45) is 0 Å². The van der Waals surface area contributed by atoms with Gasteiger partial charge < -0.3 is 15.5 Å². The van der Waals surface area contributed by atoms with Gasteiger partial charge in [-0.25, -0.2) is 0 Å². The van der Waals surface area contributed by atoms with Crippen LogP contribution in [0, 0.1) is 6.92 Å². The number of likely N-dealkylation sites (N-methyl/N-ethyl adjacent to an activating group) is 1. The first kappa shape index (κ1) is 24.7. The number of rotatable bonds is 8. The Morgan fingerprint density at radius 1 is 0.879 bits per heavy atom. The molecule has 3 rings (SSSR count). The molecule has 3 amide bonds. The number of nitrogens with zero attached hydrogens (tertiary/aromatic N) is 3. The lowest BCUT2D eigenvalue weighted by Gasteiger charge is -2.34. The molecule has 1 saturated heterocycles. The number of nitrogens with one attached hydrogen (secondary N) is 2. The molecule has 1 fully saturated rings. The van der Waals surface area contributed by atoms with Gasteiger partial charge in [-0.15, -0.1) is 0 Å². The molecule has 1 aliphatic rings. The van der Waals surface area contributed by atoms with Gasteiger partial charge in [-0.2, -0.15) is 0 Å². The van der Waals surface area contributed by atoms with E-state index < -0.39 is 0 Å². The Morgan fingerprint density at radius 2 is 1.48 bits per heavy atom. The van der Waals surface area contributed by atoms with Crippen LogP contribution in [0.5, 0.6) is 0 Å². The Labute approximate surface area is 199 Å². The summed E-state index contributed by atoms with van der Waals surface area (Å²) in [6.45, 7) is 5.27. The number of hydrogen-bond donors (Lipinski definition) is 2. The van der Waals surface area contributed by atoms with Crippen LogP contribution < -0.4 is 10.6 Å². The average Bonchev–Trinajstić information content (AvgIpc) is 2.78. The van der Waals surface area contributed by atoms with Gasteiger partial charge in [0.15, 0.2) is 0 Å². The van der Waals surface area contributed by atoms with Crippen molar-refractivity contribution in [3.63, 3.8) is 0 Å². The van der Waals surface area contributed by atoms with Gasteiger partial charge in [0.05, 0.1) is 30.3 Å². The maximum absolute atomic E-state index is 12.6. The number of para-hydroxylation sites is 1. The van der Waals surface area contributed by atoms with Crippen LogP contribution in [-0.4, -0.2) is 85.3 Å². The van der Waals surface area contributed by atoms with E-state index in [4.69, 9.17) is 11.6 Å². The van der Waals surface area contributed by atoms with Gasteiger partial charge in [0.25, 0.3) is 0 Å². The molecular formula is C24H30ClN5O3. The number of anilines is 2. The summed E-state index contributed by atoms with van der Waals surface area (Å²) in [5, 5.41) is 6.08. The first-order chi connectivity index (χ1) is 15.8. The Bertz CT molecular complexity index is 974. The molecule has 176 valence electrons. The minimum atomic E-state index is -0.302. The number of hydrogen-bond acceptors (Lipinski definition) is 5. The van der Waals surface area contributed by atoms with Crippen molar-refractivity contribution >= 4 is 40.7 Å². The Hall–Kier alpha value is -2.94. The lowest BCUT2D eigenvalue weighted by atomic mass is 10.2. The quantitative estimate of drug-likeness (QED) is 0.617. The van der Waals surface area contributed by atoms with E-state index in [0.717, 1.165) is 11.3 Å². The van der Waals surface area contributed by atoms with Crippen LogP contribution in [0.2, 0.25) is 5.02 Å². The average molecular weight is 472 g/mol. The van der Waals surface area contributed by atoms with Crippen molar-refractivity contribution in [3.8, 4) is 0 Å². The van der Waals surface area contributed by atoms with Crippen LogP contribution >= 0.6 is 11.6 Å². The molecule has 0 bridgehead atoms. The Morgan fingerprint density at radius 3 is 2.12 bits per heavy atom. The third kappa shape index (κ3) is 7.85. The smallest absolute Gasteiger partial charge is 0.244 e. The van der Waals surface area contributed by atoms with Crippen molar-refractivity contribution in [2.45, 2.75) is 6.92 Å². The number of carbonyl (C=O) groups is 3. The van der Waals surface area contributed by atoms with E-state index in [1.54, 1.807) is 31.3 Å². The summed E-state index contributed by atoms with van der Waals surface area (Å²) in [6.07, 6.45) is 0. The monoisotopic (exact) mass is 471 g/mol. The van der Waals surface area contributed by atoms with Crippen molar-refractivity contribution in [1.82, 2.24) is 14.7 Å². The summed E-state index contributed by atoms with van der Waals surface area (Å²) in [6, 6.07) is 14.7. The molecule has 0 unspecified atom stereocenters. The Kier molecular flexibility index (Phi) is 8.82. The van der Waals surface area contributed by atoms with Crippen molar-refractivity contribution in [3.05, 3.63) is 59.1 Å². The van der Waals surface area contributed by atoms with E-state index in [9.17, 15) is 14.4 Å². The van der Waals surface area contributed by atoms with Crippen LogP contribution in [0.3, 0.4) is 0 Å². The highest BCUT2D eigenvalue weighted by atomic mass is 35.5. The van der Waals surface area contributed by atoms with Gasteiger partial charge in [-0.3, -0.25) is 24.2 Å². The van der Waals surface area contributed by atoms with E-state index >= 15 is 0 Å². The molecule has 0 aromatic heterocycles. The Balaban J connectivity index is 1.36. The highest BCUT2D eigenvalue weighted by Gasteiger charge is 2.22. The predicted molar refractivity (Wildman–Crippen MR) is 130 cm³/mol. The molecule has 1 aliphatic heterocycles. The van der Waals surface area contributed by atoms with Gasteiger partial charge in [-0.05, 0) is 31.2 Å². The minimum Gasteiger partial charge on any atom is -0.335 e. The topological polar surface area (TPSA) is 85.0 Å². The standard InChI is InChI=1S/C24H30ClN5O3/c1-18-7-9-19(10-8-18)26-23(32)16-29-11-13-30(14-12-29)17-24(33)28(2)15-22(31)27-21-6-4-3-5-20(21)25/h3-10H,11-17H2,1-2H3,(H,26,32)(H,27,31). The second-order valence-electron chi connectivity index (χ2n) is 8.24. The van der Waals surface area contributed by atoms with E-state index in [-0.39, 0.29) is 30.8 Å². The normalized spacial score (nSPS) is 14.5. The zero-order chi connectivity index (χ0) is 23.8. The highest BCUT2D eigenvalue weighted by Crippen LogP contribution is 2.20. The van der Waals surface area contributed by atoms with Crippen LogP contribution in [-0.2, 0) is 14.4 Å². The van der Waals surface area contributed by atoms with Gasteiger partial charge in [0, 0.05) is 38.9 Å². The van der Waals surface area contributed by atoms with Crippen molar-refractivity contribution < 1.29 is 14.4 Å². The predicted octanol–water partition coefficient (Wildman–Crippen LogP) is 2.30. The van der Waals surface area contributed by atoms with Crippen LogP contribution in [0.4, 0.5) is 11.4 Å². The highest BCUT2D eigenvalue weighted by molar-refractivity contribution is 6.33. The molecule has 1 heterocycles. The number of piperazine rings is 1. The molecule has 0 saturated carbocycles. The summed E-state index contributed by atoms with van der Waals surface area (Å²) in [5.41, 5.74) is 2.45. The van der Waals surface area contributed by atoms with E-state index in [2.05, 4.69) is 15.5 Å². The third-order valence-corrected chi connectivity index (χ3v) is 5.81. The fraction of sp³-hybridized carbons (Fsp3) is 0.375. The lowest BCUT2D eigenvalue weighted by Crippen LogP contribution is -2.51. The molecule has 2 N–H and O–H groups in total. The first-order valence-electron chi connectivity index (χ1n) is 10.9. The maximum atomic E-state index is 12.6. The molecule has 2 aromatic rings. The molecule has 33 heavy (non-hydrogen) atoms. The van der Waals surface area contributed by atoms with E-state index in [0.29, 0.717) is 43.4 Å². The fourth-order valence-corrected chi connectivity index (χ4v) is 3.70. The summed E-state index contributed by atoms with van der Waals surface area (Å²) in [4.78, 5) is 42.6. The second-order valence-corrected chi connectivity index (χ2v) is 8.65. The number of carbonyl (C=O) groups excluding carboxylic acids is 3. The molecule has 2 aromatic carbocycles. The summed E-state index contributed by atoms with van der Waals surface area (Å²) >= 11 is 6.05. The SMILES string of the molecule is Cc1ccc(NC(=O)CN2CCN(CC(=O)N(C)CC(=O)Nc3ccccc3Cl)CC2)cc1. The van der Waals surface area contributed by atoms with Crippen molar-refractivity contribution in [2.75, 3.05) is 63.5 Å². The van der Waals surface area contributed by atoms with Crippen LogP contribution in [0.15, 0.2) is 48.5 Å². The molecular weight excluding hydrogens is 442 g/mol. The van der Waals surface area contributed by atoms with E-state index in [1.807, 2.05) is 36.1 Å². The molecule has 0 atom stereocenters. The summed E-state index contributed by atoms with van der Waals surface area (Å²) < 4.78 is 0. The second kappa shape index (κ2) is 11.8. The number of benzene rings is 2. The van der Waals surface area contributed by atoms with Gasteiger partial charge in [0.2, 0.25) is 17.7 Å². The zero-order valence-corrected chi connectivity index (χ0v) is 19.8.